The summed E-state index contributed by atoms with van der Waals surface area (Å²) in [6.45, 7) is 1.32. The average molecular weight is 380 g/mol. The smallest absolute Gasteiger partial charge is 0.308 e. The molecule has 7 heteroatoms. The molecular weight excluding hydrogens is 360 g/mol. The first-order valence-corrected chi connectivity index (χ1v) is 8.92. The lowest BCUT2D eigenvalue weighted by Crippen LogP contribution is -2.34. The molecule has 0 saturated carbocycles. The van der Waals surface area contributed by atoms with Gasteiger partial charge < -0.3 is 10.1 Å². The number of ether oxygens (including phenoxy) is 1. The van der Waals surface area contributed by atoms with E-state index in [0.717, 1.165) is 10.5 Å². The van der Waals surface area contributed by atoms with Gasteiger partial charge in [-0.05, 0) is 24.6 Å². The van der Waals surface area contributed by atoms with Crippen molar-refractivity contribution < 1.29 is 23.9 Å². The molecule has 0 bridgehead atoms. The van der Waals surface area contributed by atoms with Crippen molar-refractivity contribution in [3.8, 4) is 0 Å². The Bertz CT molecular complexity index is 875. The molecule has 0 fully saturated rings. The number of nitrogens with zero attached hydrogens (tertiary/aromatic N) is 1. The van der Waals surface area contributed by atoms with Crippen molar-refractivity contribution in [3.05, 3.63) is 71.3 Å². The highest BCUT2D eigenvalue weighted by Gasteiger charge is 2.35. The second-order valence-corrected chi connectivity index (χ2v) is 6.42. The molecule has 28 heavy (non-hydrogen) atoms. The molecule has 0 saturated heterocycles. The second kappa shape index (κ2) is 8.47. The molecule has 2 aromatic rings. The first-order valence-electron chi connectivity index (χ1n) is 8.92. The topological polar surface area (TPSA) is 92.8 Å². The van der Waals surface area contributed by atoms with Gasteiger partial charge in [0, 0.05) is 6.54 Å². The third kappa shape index (κ3) is 4.25. The molecule has 2 aromatic carbocycles. The lowest BCUT2D eigenvalue weighted by molar-refractivity contribution is -0.148. The Kier molecular flexibility index (Phi) is 5.84. The van der Waals surface area contributed by atoms with Gasteiger partial charge in [0.2, 0.25) is 0 Å². The minimum absolute atomic E-state index is 0.0901. The lowest BCUT2D eigenvalue weighted by Gasteiger charge is -2.15. The van der Waals surface area contributed by atoms with Crippen LogP contribution in [-0.2, 0) is 14.3 Å². The van der Waals surface area contributed by atoms with Crippen LogP contribution in [0.15, 0.2) is 54.6 Å². The Labute approximate surface area is 162 Å². The van der Waals surface area contributed by atoms with Crippen LogP contribution >= 0.6 is 0 Å². The van der Waals surface area contributed by atoms with Gasteiger partial charge >= 0.3 is 5.97 Å². The van der Waals surface area contributed by atoms with E-state index in [1.165, 1.54) is 0 Å². The molecule has 1 heterocycles. The number of benzene rings is 2. The van der Waals surface area contributed by atoms with Crippen molar-refractivity contribution in [2.45, 2.75) is 19.4 Å². The van der Waals surface area contributed by atoms with Crippen LogP contribution in [0.5, 0.6) is 0 Å². The van der Waals surface area contributed by atoms with Crippen molar-refractivity contribution >= 4 is 23.7 Å². The fourth-order valence-corrected chi connectivity index (χ4v) is 2.97. The van der Waals surface area contributed by atoms with E-state index in [4.69, 9.17) is 4.74 Å². The Hall–Kier alpha value is -3.48. The number of hydrogen-bond donors (Lipinski definition) is 1. The van der Waals surface area contributed by atoms with Crippen molar-refractivity contribution in [2.75, 3.05) is 13.2 Å². The largest absolute Gasteiger partial charge is 0.456 e. The standard InChI is InChI=1S/C21H20N2O5/c1-14(15-7-3-2-4-8-15)22-18(24)13-28-19(25)11-12-23-20(26)16-9-5-6-10-17(16)21(23)27/h2-10,14H,11-13H2,1H3,(H,22,24)/t14-/m0/s1. The third-order valence-electron chi connectivity index (χ3n) is 4.46. The van der Waals surface area contributed by atoms with Gasteiger partial charge in [-0.1, -0.05) is 42.5 Å². The zero-order chi connectivity index (χ0) is 20.1. The van der Waals surface area contributed by atoms with Crippen LogP contribution in [0.4, 0.5) is 0 Å². The van der Waals surface area contributed by atoms with Crippen LogP contribution in [0.1, 0.15) is 45.7 Å². The molecular formula is C21H20N2O5. The molecule has 0 aliphatic carbocycles. The number of hydrogen-bond acceptors (Lipinski definition) is 5. The van der Waals surface area contributed by atoms with Crippen molar-refractivity contribution in [2.24, 2.45) is 0 Å². The normalized spacial score (nSPS) is 13.8. The van der Waals surface area contributed by atoms with Crippen LogP contribution < -0.4 is 5.32 Å². The van der Waals surface area contributed by atoms with Crippen LogP contribution in [0, 0.1) is 0 Å². The summed E-state index contributed by atoms with van der Waals surface area (Å²) in [6.07, 6.45) is -0.174. The Balaban J connectivity index is 1.43. The molecule has 1 aliphatic heterocycles. The zero-order valence-electron chi connectivity index (χ0n) is 15.4. The monoisotopic (exact) mass is 380 g/mol. The number of nitrogens with one attached hydrogen (secondary N) is 1. The summed E-state index contributed by atoms with van der Waals surface area (Å²) in [5.41, 5.74) is 1.60. The summed E-state index contributed by atoms with van der Waals surface area (Å²) in [7, 11) is 0. The average Bonchev–Trinajstić information content (AvgIpc) is 2.96. The number of amides is 3. The van der Waals surface area contributed by atoms with Gasteiger partial charge in [0.1, 0.15) is 0 Å². The van der Waals surface area contributed by atoms with Crippen molar-refractivity contribution in [1.29, 1.82) is 0 Å². The van der Waals surface area contributed by atoms with Gasteiger partial charge in [-0.25, -0.2) is 0 Å². The number of esters is 1. The van der Waals surface area contributed by atoms with Gasteiger partial charge in [0.15, 0.2) is 6.61 Å². The number of carbonyl (C=O) groups is 4. The first kappa shape index (κ1) is 19.3. The molecule has 1 atom stereocenters. The predicted molar refractivity (Wildman–Crippen MR) is 100 cm³/mol. The van der Waals surface area contributed by atoms with Crippen LogP contribution in [-0.4, -0.2) is 41.7 Å². The summed E-state index contributed by atoms with van der Waals surface area (Å²) in [5.74, 6) is -1.94. The maximum Gasteiger partial charge on any atom is 0.308 e. The molecule has 1 N–H and O–H groups in total. The van der Waals surface area contributed by atoms with E-state index in [9.17, 15) is 19.2 Å². The minimum Gasteiger partial charge on any atom is -0.456 e. The molecule has 7 nitrogen and oxygen atoms in total. The van der Waals surface area contributed by atoms with Gasteiger partial charge in [-0.3, -0.25) is 24.1 Å². The van der Waals surface area contributed by atoms with E-state index in [2.05, 4.69) is 5.32 Å². The molecule has 3 amide bonds. The summed E-state index contributed by atoms with van der Waals surface area (Å²) < 4.78 is 4.95. The van der Waals surface area contributed by atoms with E-state index in [0.29, 0.717) is 11.1 Å². The van der Waals surface area contributed by atoms with Crippen LogP contribution in [0.2, 0.25) is 0 Å². The highest BCUT2D eigenvalue weighted by molar-refractivity contribution is 6.21. The SMILES string of the molecule is C[C@H](NC(=O)COC(=O)CCN1C(=O)c2ccccc2C1=O)c1ccccc1. The molecule has 0 unspecified atom stereocenters. The maximum absolute atomic E-state index is 12.2. The van der Waals surface area contributed by atoms with Gasteiger partial charge in [0.05, 0.1) is 23.6 Å². The van der Waals surface area contributed by atoms with Gasteiger partial charge in [-0.2, -0.15) is 0 Å². The molecule has 144 valence electrons. The summed E-state index contributed by atoms with van der Waals surface area (Å²) in [5, 5.41) is 2.74. The fourth-order valence-electron chi connectivity index (χ4n) is 2.97. The molecule has 0 aromatic heterocycles. The zero-order valence-corrected chi connectivity index (χ0v) is 15.4. The maximum atomic E-state index is 12.2. The molecule has 0 spiro atoms. The first-order chi connectivity index (χ1) is 13.5. The number of imide groups is 1. The van der Waals surface area contributed by atoms with Crippen molar-refractivity contribution in [3.63, 3.8) is 0 Å². The van der Waals surface area contributed by atoms with Crippen LogP contribution in [0.3, 0.4) is 0 Å². The quantitative estimate of drug-likeness (QED) is 0.587. The Morgan fingerprint density at radius 3 is 2.14 bits per heavy atom. The number of rotatable bonds is 7. The van der Waals surface area contributed by atoms with E-state index in [1.807, 2.05) is 37.3 Å². The van der Waals surface area contributed by atoms with E-state index >= 15 is 0 Å². The summed E-state index contributed by atoms with van der Waals surface area (Å²) >= 11 is 0. The molecule has 1 aliphatic rings. The van der Waals surface area contributed by atoms with Gasteiger partial charge in [0.25, 0.3) is 17.7 Å². The summed E-state index contributed by atoms with van der Waals surface area (Å²) in [6, 6.07) is 15.7. The van der Waals surface area contributed by atoms with E-state index in [-0.39, 0.29) is 19.0 Å². The third-order valence-corrected chi connectivity index (χ3v) is 4.46. The van der Waals surface area contributed by atoms with Crippen LogP contribution in [0.25, 0.3) is 0 Å². The number of fused-ring (bicyclic) bond motifs is 1. The fraction of sp³-hybridized carbons (Fsp3) is 0.238. The Morgan fingerprint density at radius 2 is 1.54 bits per heavy atom. The predicted octanol–water partition coefficient (Wildman–Crippen LogP) is 2.09. The van der Waals surface area contributed by atoms with E-state index < -0.39 is 30.3 Å². The molecule has 3 rings (SSSR count). The number of carbonyl (C=O) groups excluding carboxylic acids is 4. The highest BCUT2D eigenvalue weighted by Crippen LogP contribution is 2.22. The second-order valence-electron chi connectivity index (χ2n) is 6.42. The van der Waals surface area contributed by atoms with E-state index in [1.54, 1.807) is 24.3 Å². The minimum atomic E-state index is -0.654. The highest BCUT2D eigenvalue weighted by atomic mass is 16.5. The lowest BCUT2D eigenvalue weighted by atomic mass is 10.1. The van der Waals surface area contributed by atoms with Crippen molar-refractivity contribution in [1.82, 2.24) is 10.2 Å². The van der Waals surface area contributed by atoms with Gasteiger partial charge in [-0.15, -0.1) is 0 Å². The Morgan fingerprint density at radius 1 is 0.964 bits per heavy atom. The summed E-state index contributed by atoms with van der Waals surface area (Å²) in [4.78, 5) is 49.3. The molecule has 0 radical (unpaired) electrons.